The molecule has 122 valence electrons. The van der Waals surface area contributed by atoms with Crippen molar-refractivity contribution in [1.29, 1.82) is 0 Å². The summed E-state index contributed by atoms with van der Waals surface area (Å²) >= 11 is 1.53. The van der Waals surface area contributed by atoms with Crippen LogP contribution in [-0.4, -0.2) is 18.0 Å². The summed E-state index contributed by atoms with van der Waals surface area (Å²) in [6.45, 7) is 3.02. The van der Waals surface area contributed by atoms with Crippen molar-refractivity contribution in [3.8, 4) is 5.75 Å². The molecule has 0 bridgehead atoms. The zero-order valence-corrected chi connectivity index (χ0v) is 14.9. The Morgan fingerprint density at radius 2 is 1.96 bits per heavy atom. The van der Waals surface area contributed by atoms with Crippen molar-refractivity contribution < 1.29 is 4.74 Å². The molecule has 0 radical (unpaired) electrons. The van der Waals surface area contributed by atoms with Crippen molar-refractivity contribution in [1.82, 2.24) is 9.69 Å². The van der Waals surface area contributed by atoms with E-state index in [9.17, 15) is 0 Å². The van der Waals surface area contributed by atoms with Gasteiger partial charge >= 0.3 is 0 Å². The number of halogens is 1. The van der Waals surface area contributed by atoms with Gasteiger partial charge in [0, 0.05) is 6.42 Å². The molecule has 0 spiro atoms. The minimum atomic E-state index is 0. The van der Waals surface area contributed by atoms with Crippen LogP contribution in [0.5, 0.6) is 5.75 Å². The van der Waals surface area contributed by atoms with E-state index in [1.54, 1.807) is 0 Å². The molecule has 1 N–H and O–H groups in total. The lowest BCUT2D eigenvalue weighted by atomic mass is 10.1. The number of aryl methyl sites for hydroxylation is 1. The smallest absolute Gasteiger partial charge is 0.130 e. The maximum atomic E-state index is 6.36. The van der Waals surface area contributed by atoms with E-state index in [-0.39, 0.29) is 18.5 Å². The van der Waals surface area contributed by atoms with Crippen molar-refractivity contribution in [2.24, 2.45) is 0 Å². The van der Waals surface area contributed by atoms with E-state index in [4.69, 9.17) is 4.74 Å². The highest BCUT2D eigenvalue weighted by molar-refractivity contribution is 7.13. The average molecular weight is 349 g/mol. The van der Waals surface area contributed by atoms with Gasteiger partial charge in [0.1, 0.15) is 11.9 Å². The maximum absolute atomic E-state index is 6.36. The molecule has 1 aromatic heterocycles. The SMILES string of the molecule is CNCC[C@@H](Oc1ccc(C)c2sncc12)c1ccccc1.Cl. The van der Waals surface area contributed by atoms with Gasteiger partial charge < -0.3 is 10.1 Å². The number of nitrogens with zero attached hydrogens (tertiary/aromatic N) is 1. The van der Waals surface area contributed by atoms with Gasteiger partial charge in [0.25, 0.3) is 0 Å². The molecule has 0 aliphatic heterocycles. The number of benzene rings is 2. The van der Waals surface area contributed by atoms with Gasteiger partial charge in [0.15, 0.2) is 0 Å². The molecule has 0 amide bonds. The number of ether oxygens (including phenoxy) is 1. The van der Waals surface area contributed by atoms with Crippen molar-refractivity contribution in [3.05, 3.63) is 59.8 Å². The second kappa shape index (κ2) is 8.29. The molecule has 1 heterocycles. The lowest BCUT2D eigenvalue weighted by Gasteiger charge is -2.20. The summed E-state index contributed by atoms with van der Waals surface area (Å²) in [5.74, 6) is 0.916. The number of fused-ring (bicyclic) bond motifs is 1. The Morgan fingerprint density at radius 3 is 2.70 bits per heavy atom. The Labute approximate surface area is 147 Å². The summed E-state index contributed by atoms with van der Waals surface area (Å²) < 4.78 is 11.9. The first-order chi connectivity index (χ1) is 10.8. The molecule has 0 saturated heterocycles. The highest BCUT2D eigenvalue weighted by Gasteiger charge is 2.15. The monoisotopic (exact) mass is 348 g/mol. The Kier molecular flexibility index (Phi) is 6.39. The second-order valence-electron chi connectivity index (χ2n) is 5.36. The number of nitrogens with one attached hydrogen (secondary N) is 1. The first-order valence-corrected chi connectivity index (χ1v) is 8.27. The predicted molar refractivity (Wildman–Crippen MR) is 100.0 cm³/mol. The van der Waals surface area contributed by atoms with Gasteiger partial charge in [-0.15, -0.1) is 12.4 Å². The van der Waals surface area contributed by atoms with Crippen molar-refractivity contribution in [3.63, 3.8) is 0 Å². The quantitative estimate of drug-likeness (QED) is 0.697. The molecule has 0 fully saturated rings. The molecular formula is C18H21ClN2OS. The third kappa shape index (κ3) is 4.02. The molecular weight excluding hydrogens is 328 g/mol. The van der Waals surface area contributed by atoms with Gasteiger partial charge in [-0.2, -0.15) is 4.37 Å². The molecule has 0 saturated carbocycles. The Bertz CT molecular complexity index is 745. The summed E-state index contributed by atoms with van der Waals surface area (Å²) in [4.78, 5) is 0. The van der Waals surface area contributed by atoms with Crippen LogP contribution in [0.25, 0.3) is 10.1 Å². The summed E-state index contributed by atoms with van der Waals surface area (Å²) in [6.07, 6.45) is 2.87. The summed E-state index contributed by atoms with van der Waals surface area (Å²) in [6, 6.07) is 14.6. The van der Waals surface area contributed by atoms with Crippen LogP contribution in [-0.2, 0) is 0 Å². The van der Waals surface area contributed by atoms with Crippen LogP contribution in [0.1, 0.15) is 23.7 Å². The molecule has 3 aromatic rings. The van der Waals surface area contributed by atoms with Crippen LogP contribution in [0.15, 0.2) is 48.7 Å². The molecule has 2 aromatic carbocycles. The van der Waals surface area contributed by atoms with Crippen molar-refractivity contribution >= 4 is 34.0 Å². The zero-order chi connectivity index (χ0) is 15.4. The van der Waals surface area contributed by atoms with Gasteiger partial charge in [0.05, 0.1) is 16.3 Å². The van der Waals surface area contributed by atoms with Gasteiger partial charge in [-0.1, -0.05) is 36.4 Å². The Hall–Kier alpha value is -1.62. The van der Waals surface area contributed by atoms with Crippen LogP contribution in [0.4, 0.5) is 0 Å². The van der Waals surface area contributed by atoms with E-state index in [2.05, 4.69) is 53.0 Å². The molecule has 0 aliphatic rings. The van der Waals surface area contributed by atoms with E-state index < -0.39 is 0 Å². The first-order valence-electron chi connectivity index (χ1n) is 7.50. The lowest BCUT2D eigenvalue weighted by molar-refractivity contribution is 0.197. The van der Waals surface area contributed by atoms with E-state index in [0.29, 0.717) is 0 Å². The third-order valence-electron chi connectivity index (χ3n) is 3.78. The zero-order valence-electron chi connectivity index (χ0n) is 13.3. The largest absolute Gasteiger partial charge is 0.485 e. The highest BCUT2D eigenvalue weighted by atomic mass is 35.5. The second-order valence-corrected chi connectivity index (χ2v) is 6.16. The van der Waals surface area contributed by atoms with Crippen LogP contribution >= 0.6 is 23.9 Å². The average Bonchev–Trinajstić information content (AvgIpc) is 3.05. The fraction of sp³-hybridized carbons (Fsp3) is 0.278. The Balaban J connectivity index is 0.00000192. The molecule has 3 nitrogen and oxygen atoms in total. The normalized spacial score (nSPS) is 11.9. The van der Waals surface area contributed by atoms with E-state index in [0.717, 1.165) is 24.1 Å². The van der Waals surface area contributed by atoms with Gasteiger partial charge in [-0.25, -0.2) is 0 Å². The van der Waals surface area contributed by atoms with E-state index >= 15 is 0 Å². The summed E-state index contributed by atoms with van der Waals surface area (Å²) in [5.41, 5.74) is 2.45. The van der Waals surface area contributed by atoms with Gasteiger partial charge in [-0.3, -0.25) is 0 Å². The molecule has 1 atom stereocenters. The third-order valence-corrected chi connectivity index (χ3v) is 4.71. The number of aromatic nitrogens is 1. The van der Waals surface area contributed by atoms with Crippen LogP contribution in [0.3, 0.4) is 0 Å². The maximum Gasteiger partial charge on any atom is 0.130 e. The molecule has 5 heteroatoms. The molecule has 0 aliphatic carbocycles. The van der Waals surface area contributed by atoms with E-state index in [1.807, 2.05) is 19.3 Å². The van der Waals surface area contributed by atoms with Crippen LogP contribution in [0, 0.1) is 6.92 Å². The van der Waals surface area contributed by atoms with Gasteiger partial charge in [-0.05, 0) is 49.2 Å². The lowest BCUT2D eigenvalue weighted by Crippen LogP contribution is -2.16. The van der Waals surface area contributed by atoms with Crippen molar-refractivity contribution in [2.45, 2.75) is 19.4 Å². The standard InChI is InChI=1S/C18H20N2OS.ClH/c1-13-8-9-17(15-12-20-22-18(13)15)21-16(10-11-19-2)14-6-4-3-5-7-14;/h3-9,12,16,19H,10-11H2,1-2H3;1H/t16-;/m1./s1. The van der Waals surface area contributed by atoms with Gasteiger partial charge in [0.2, 0.25) is 0 Å². The fourth-order valence-electron chi connectivity index (χ4n) is 2.56. The molecule has 0 unspecified atom stereocenters. The number of hydrogen-bond acceptors (Lipinski definition) is 4. The first kappa shape index (κ1) is 17.7. The predicted octanol–water partition coefficient (Wildman–Crippen LogP) is 4.76. The Morgan fingerprint density at radius 1 is 1.17 bits per heavy atom. The summed E-state index contributed by atoms with van der Waals surface area (Å²) in [5, 5.41) is 4.31. The summed E-state index contributed by atoms with van der Waals surface area (Å²) in [7, 11) is 1.97. The number of rotatable bonds is 6. The minimum Gasteiger partial charge on any atom is -0.485 e. The fourth-order valence-corrected chi connectivity index (χ4v) is 3.29. The van der Waals surface area contributed by atoms with E-state index in [1.165, 1.54) is 27.4 Å². The topological polar surface area (TPSA) is 34.1 Å². The van der Waals surface area contributed by atoms with Crippen LogP contribution < -0.4 is 10.1 Å². The van der Waals surface area contributed by atoms with Crippen molar-refractivity contribution in [2.75, 3.05) is 13.6 Å². The van der Waals surface area contributed by atoms with Crippen LogP contribution in [0.2, 0.25) is 0 Å². The molecule has 3 rings (SSSR count). The minimum absolute atomic E-state index is 0. The number of hydrogen-bond donors (Lipinski definition) is 1. The molecule has 23 heavy (non-hydrogen) atoms. The highest BCUT2D eigenvalue weighted by Crippen LogP contribution is 2.34.